The molecular weight excluding hydrogens is 204 g/mol. The maximum atomic E-state index is 12.0. The Morgan fingerprint density at radius 2 is 1.71 bits per heavy atom. The van der Waals surface area contributed by atoms with Crippen molar-refractivity contribution >= 4 is 5.97 Å². The van der Waals surface area contributed by atoms with Crippen molar-refractivity contribution in [3.63, 3.8) is 0 Å². The molecule has 14 heavy (non-hydrogen) atoms. The van der Waals surface area contributed by atoms with Gasteiger partial charge in [0.05, 0.1) is 5.41 Å². The van der Waals surface area contributed by atoms with E-state index in [2.05, 4.69) is 4.74 Å². The molecule has 0 aromatic carbocycles. The Bertz CT molecular complexity index is 204. The molecule has 2 nitrogen and oxygen atoms in total. The number of halogens is 4. The second-order valence-corrected chi connectivity index (χ2v) is 3.84. The Hall–Kier alpha value is -0.810. The first-order chi connectivity index (χ1) is 6.09. The second kappa shape index (κ2) is 4.14. The van der Waals surface area contributed by atoms with Gasteiger partial charge in [-0.2, -0.15) is 13.2 Å². The van der Waals surface area contributed by atoms with Crippen LogP contribution in [-0.4, -0.2) is 24.9 Å². The molecule has 1 atom stereocenters. The molecule has 0 fully saturated rings. The molecule has 0 saturated carbocycles. The van der Waals surface area contributed by atoms with Crippen LogP contribution < -0.4 is 0 Å². The van der Waals surface area contributed by atoms with Gasteiger partial charge in [-0.3, -0.25) is 4.79 Å². The van der Waals surface area contributed by atoms with Crippen molar-refractivity contribution in [2.75, 3.05) is 6.67 Å². The topological polar surface area (TPSA) is 26.3 Å². The Morgan fingerprint density at radius 1 is 1.29 bits per heavy atom. The van der Waals surface area contributed by atoms with E-state index < -0.39 is 30.3 Å². The molecule has 0 amide bonds. The number of carbonyl (C=O) groups excluding carboxylic acids is 1. The summed E-state index contributed by atoms with van der Waals surface area (Å²) in [6.07, 6.45) is -7.51. The minimum absolute atomic E-state index is 1.07. The maximum Gasteiger partial charge on any atom is 0.428 e. The largest absolute Gasteiger partial charge is 0.449 e. The smallest absolute Gasteiger partial charge is 0.428 e. The molecule has 0 aliphatic rings. The van der Waals surface area contributed by atoms with Crippen molar-refractivity contribution in [2.45, 2.75) is 33.1 Å². The third-order valence-electron chi connectivity index (χ3n) is 1.37. The molecule has 0 bridgehead atoms. The van der Waals surface area contributed by atoms with Gasteiger partial charge < -0.3 is 4.74 Å². The first-order valence-corrected chi connectivity index (χ1v) is 3.93. The maximum absolute atomic E-state index is 12.0. The van der Waals surface area contributed by atoms with E-state index in [-0.39, 0.29) is 0 Å². The molecule has 6 heteroatoms. The Labute approximate surface area is 79.2 Å². The van der Waals surface area contributed by atoms with Crippen LogP contribution in [0.15, 0.2) is 0 Å². The third-order valence-corrected chi connectivity index (χ3v) is 1.37. The van der Waals surface area contributed by atoms with Crippen molar-refractivity contribution in [1.82, 2.24) is 0 Å². The molecule has 84 valence electrons. The quantitative estimate of drug-likeness (QED) is 0.523. The monoisotopic (exact) mass is 216 g/mol. The number of ether oxygens (including phenoxy) is 1. The highest BCUT2D eigenvalue weighted by Gasteiger charge is 2.44. The lowest BCUT2D eigenvalue weighted by molar-refractivity contribution is -0.228. The normalized spacial score (nSPS) is 15.1. The van der Waals surface area contributed by atoms with Gasteiger partial charge in [-0.1, -0.05) is 0 Å². The van der Waals surface area contributed by atoms with Crippen LogP contribution in [-0.2, 0) is 9.53 Å². The molecule has 0 spiro atoms. The van der Waals surface area contributed by atoms with Crippen molar-refractivity contribution in [3.8, 4) is 0 Å². The number of hydrogen-bond donors (Lipinski definition) is 0. The van der Waals surface area contributed by atoms with Crippen LogP contribution in [0.3, 0.4) is 0 Å². The summed E-state index contributed by atoms with van der Waals surface area (Å²) in [6, 6.07) is 0. The van der Waals surface area contributed by atoms with Crippen molar-refractivity contribution in [2.24, 2.45) is 5.41 Å². The summed E-state index contributed by atoms with van der Waals surface area (Å²) in [5.74, 6) is -1.07. The van der Waals surface area contributed by atoms with E-state index in [4.69, 9.17) is 0 Å². The molecule has 0 saturated heterocycles. The van der Waals surface area contributed by atoms with Crippen LogP contribution in [0.1, 0.15) is 20.8 Å². The van der Waals surface area contributed by atoms with Crippen molar-refractivity contribution in [1.29, 1.82) is 0 Å². The predicted molar refractivity (Wildman–Crippen MR) is 41.4 cm³/mol. The Morgan fingerprint density at radius 3 is 1.93 bits per heavy atom. The van der Waals surface area contributed by atoms with Crippen molar-refractivity contribution < 1.29 is 27.1 Å². The highest BCUT2D eigenvalue weighted by molar-refractivity contribution is 5.75. The summed E-state index contributed by atoms with van der Waals surface area (Å²) in [7, 11) is 0. The lowest BCUT2D eigenvalue weighted by Crippen LogP contribution is -2.38. The number of alkyl halides is 4. The minimum Gasteiger partial charge on any atom is -0.449 e. The van der Waals surface area contributed by atoms with Gasteiger partial charge in [0.25, 0.3) is 0 Å². The van der Waals surface area contributed by atoms with Crippen LogP contribution in [0.4, 0.5) is 17.6 Å². The molecule has 0 aromatic rings. The van der Waals surface area contributed by atoms with Gasteiger partial charge in [-0.25, -0.2) is 4.39 Å². The summed E-state index contributed by atoms with van der Waals surface area (Å²) in [6.45, 7) is 2.41. The summed E-state index contributed by atoms with van der Waals surface area (Å²) >= 11 is 0. The van der Waals surface area contributed by atoms with Crippen LogP contribution in [0.2, 0.25) is 0 Å². The van der Waals surface area contributed by atoms with E-state index in [1.165, 1.54) is 20.8 Å². The third kappa shape index (κ3) is 3.93. The van der Waals surface area contributed by atoms with E-state index >= 15 is 0 Å². The number of hydrogen-bond acceptors (Lipinski definition) is 2. The van der Waals surface area contributed by atoms with Gasteiger partial charge in [-0.05, 0) is 20.8 Å². The molecule has 0 aliphatic carbocycles. The van der Waals surface area contributed by atoms with E-state index in [1.54, 1.807) is 0 Å². The molecule has 0 heterocycles. The first kappa shape index (κ1) is 13.2. The highest BCUT2D eigenvalue weighted by Crippen LogP contribution is 2.26. The summed E-state index contributed by atoms with van der Waals surface area (Å²) in [5.41, 5.74) is -1.07. The zero-order valence-electron chi connectivity index (χ0n) is 8.11. The summed E-state index contributed by atoms with van der Waals surface area (Å²) < 4.78 is 51.7. The molecule has 0 N–H and O–H groups in total. The number of esters is 1. The molecule has 0 aromatic heterocycles. The molecule has 0 aliphatic heterocycles. The van der Waals surface area contributed by atoms with Crippen LogP contribution >= 0.6 is 0 Å². The van der Waals surface area contributed by atoms with Crippen LogP contribution in [0.5, 0.6) is 0 Å². The van der Waals surface area contributed by atoms with Crippen molar-refractivity contribution in [3.05, 3.63) is 0 Å². The number of rotatable bonds is 2. The lowest BCUT2D eigenvalue weighted by atomic mass is 9.97. The van der Waals surface area contributed by atoms with E-state index in [0.29, 0.717) is 0 Å². The predicted octanol–water partition coefficient (Wildman–Crippen LogP) is 2.48. The molecule has 0 rings (SSSR count). The van der Waals surface area contributed by atoms with Crippen LogP contribution in [0, 0.1) is 5.41 Å². The zero-order valence-corrected chi connectivity index (χ0v) is 8.11. The number of carbonyl (C=O) groups is 1. The van der Waals surface area contributed by atoms with Gasteiger partial charge in [0.2, 0.25) is 6.10 Å². The molecule has 1 unspecified atom stereocenters. The van der Waals surface area contributed by atoms with Gasteiger partial charge in [0.1, 0.15) is 6.67 Å². The Kier molecular flexibility index (Phi) is 3.91. The lowest BCUT2D eigenvalue weighted by Gasteiger charge is -2.22. The summed E-state index contributed by atoms with van der Waals surface area (Å²) in [5, 5.41) is 0. The van der Waals surface area contributed by atoms with Gasteiger partial charge in [0.15, 0.2) is 0 Å². The van der Waals surface area contributed by atoms with E-state index in [0.717, 1.165) is 0 Å². The van der Waals surface area contributed by atoms with Gasteiger partial charge in [0, 0.05) is 0 Å². The standard InChI is InChI=1S/C8H12F4O2/c1-7(2,3)6(13)14-5(4-9)8(10,11)12/h5H,4H2,1-3H3. The molecule has 0 radical (unpaired) electrons. The van der Waals surface area contributed by atoms with E-state index in [9.17, 15) is 22.4 Å². The fourth-order valence-electron chi connectivity index (χ4n) is 0.492. The average Bonchev–Trinajstić information content (AvgIpc) is 1.95. The van der Waals surface area contributed by atoms with Gasteiger partial charge in [-0.15, -0.1) is 0 Å². The zero-order chi connectivity index (χ0) is 11.6. The fraction of sp³-hybridized carbons (Fsp3) is 0.875. The van der Waals surface area contributed by atoms with E-state index in [1.807, 2.05) is 0 Å². The highest BCUT2D eigenvalue weighted by atomic mass is 19.4. The van der Waals surface area contributed by atoms with Crippen LogP contribution in [0.25, 0.3) is 0 Å². The first-order valence-electron chi connectivity index (χ1n) is 3.93. The minimum atomic E-state index is -4.85. The van der Waals surface area contributed by atoms with Gasteiger partial charge >= 0.3 is 12.1 Å². The molecular formula is C8H12F4O2. The Balaban J connectivity index is 4.43. The fourth-order valence-corrected chi connectivity index (χ4v) is 0.492. The SMILES string of the molecule is CC(C)(C)C(=O)OC(CF)C(F)(F)F. The average molecular weight is 216 g/mol. The summed E-state index contributed by atoms with van der Waals surface area (Å²) in [4.78, 5) is 11.0. The second-order valence-electron chi connectivity index (χ2n) is 3.84.